The number of hydrogen-bond donors (Lipinski definition) is 2. The van der Waals surface area contributed by atoms with Gasteiger partial charge in [-0.05, 0) is 37.8 Å². The predicted molar refractivity (Wildman–Crippen MR) is 112 cm³/mol. The summed E-state index contributed by atoms with van der Waals surface area (Å²) in [5.74, 6) is 2.19. The molecule has 0 aliphatic heterocycles. The Labute approximate surface area is 163 Å². The van der Waals surface area contributed by atoms with Gasteiger partial charge in [0.25, 0.3) is 0 Å². The number of anilines is 1. The van der Waals surface area contributed by atoms with Gasteiger partial charge in [-0.15, -0.1) is 0 Å². The third-order valence-corrected chi connectivity index (χ3v) is 6.08. The van der Waals surface area contributed by atoms with Crippen LogP contribution < -0.4 is 15.9 Å². The zero-order valence-corrected chi connectivity index (χ0v) is 17.6. The molecule has 0 heterocycles. The number of hydrazone groups is 1. The average Bonchev–Trinajstić information content (AvgIpc) is 2.60. The van der Waals surface area contributed by atoms with E-state index < -0.39 is 9.84 Å². The van der Waals surface area contributed by atoms with Crippen LogP contribution in [0, 0.1) is 19.8 Å². The van der Waals surface area contributed by atoms with Crippen LogP contribution in [0.25, 0.3) is 0 Å². The summed E-state index contributed by atoms with van der Waals surface area (Å²) in [7, 11) is -2.96. The molecule has 0 aromatic heterocycles. The molecule has 0 unspecified atom stereocenters. The Morgan fingerprint density at radius 2 is 1.96 bits per heavy atom. The Morgan fingerprint density at radius 1 is 1.26 bits per heavy atom. The van der Waals surface area contributed by atoms with E-state index in [4.69, 9.17) is 10.5 Å². The maximum Gasteiger partial charge on any atom is 0.147 e. The van der Waals surface area contributed by atoms with Gasteiger partial charge < -0.3 is 10.5 Å². The SMILES string of the molecule is Cc1ccc(N/N=C(\N)CC2CCCCC2)c(C)c1OCCCS(C)(=O)=O. The molecule has 152 valence electrons. The number of sulfone groups is 1. The molecule has 1 fully saturated rings. The van der Waals surface area contributed by atoms with Crippen LogP contribution in [0.1, 0.15) is 56.1 Å². The molecule has 1 aromatic carbocycles. The summed E-state index contributed by atoms with van der Waals surface area (Å²) in [5, 5.41) is 4.36. The monoisotopic (exact) mass is 395 g/mol. The molecule has 0 atom stereocenters. The highest BCUT2D eigenvalue weighted by Crippen LogP contribution is 2.30. The number of aryl methyl sites for hydroxylation is 1. The van der Waals surface area contributed by atoms with E-state index in [1.165, 1.54) is 38.4 Å². The first kappa shape index (κ1) is 21.5. The number of amidine groups is 1. The van der Waals surface area contributed by atoms with Crippen molar-refractivity contribution in [1.29, 1.82) is 0 Å². The molecule has 0 amide bonds. The number of benzene rings is 1. The summed E-state index contributed by atoms with van der Waals surface area (Å²) in [6, 6.07) is 3.93. The van der Waals surface area contributed by atoms with Gasteiger partial charge in [0, 0.05) is 18.2 Å². The van der Waals surface area contributed by atoms with Gasteiger partial charge in [-0.25, -0.2) is 8.42 Å². The molecular formula is C20H33N3O3S. The molecule has 3 N–H and O–H groups in total. The molecule has 6 nitrogen and oxygen atoms in total. The van der Waals surface area contributed by atoms with E-state index in [0.29, 0.717) is 24.8 Å². The molecule has 1 aliphatic carbocycles. The smallest absolute Gasteiger partial charge is 0.147 e. The van der Waals surface area contributed by atoms with E-state index in [0.717, 1.165) is 29.0 Å². The third kappa shape index (κ3) is 7.40. The van der Waals surface area contributed by atoms with Gasteiger partial charge in [-0.1, -0.05) is 38.2 Å². The maximum absolute atomic E-state index is 11.2. The number of nitrogens with two attached hydrogens (primary N) is 1. The molecule has 1 aromatic rings. The summed E-state index contributed by atoms with van der Waals surface area (Å²) in [5.41, 5.74) is 12.0. The van der Waals surface area contributed by atoms with Crippen LogP contribution in [-0.4, -0.2) is 32.9 Å². The van der Waals surface area contributed by atoms with Crippen molar-refractivity contribution in [2.75, 3.05) is 24.0 Å². The van der Waals surface area contributed by atoms with Crippen molar-refractivity contribution in [3.63, 3.8) is 0 Å². The van der Waals surface area contributed by atoms with Crippen LogP contribution in [0.3, 0.4) is 0 Å². The Kier molecular flexibility index (Phi) is 7.95. The molecule has 0 radical (unpaired) electrons. The normalized spacial score (nSPS) is 16.3. The summed E-state index contributed by atoms with van der Waals surface area (Å²) in [4.78, 5) is 0. The fraction of sp³-hybridized carbons (Fsp3) is 0.650. The largest absolute Gasteiger partial charge is 0.493 e. The first-order valence-corrected chi connectivity index (χ1v) is 11.8. The Bertz CT molecular complexity index is 754. The first-order chi connectivity index (χ1) is 12.8. The molecule has 2 rings (SSSR count). The zero-order valence-electron chi connectivity index (χ0n) is 16.8. The van der Waals surface area contributed by atoms with Gasteiger partial charge in [-0.2, -0.15) is 5.10 Å². The predicted octanol–water partition coefficient (Wildman–Crippen LogP) is 3.77. The lowest BCUT2D eigenvalue weighted by molar-refractivity contribution is 0.313. The lowest BCUT2D eigenvalue weighted by Gasteiger charge is -2.21. The Hall–Kier alpha value is -1.76. The molecule has 0 spiro atoms. The van der Waals surface area contributed by atoms with Crippen molar-refractivity contribution in [2.24, 2.45) is 16.8 Å². The van der Waals surface area contributed by atoms with E-state index in [1.807, 2.05) is 26.0 Å². The molecule has 27 heavy (non-hydrogen) atoms. The van der Waals surface area contributed by atoms with Crippen LogP contribution in [-0.2, 0) is 9.84 Å². The fourth-order valence-corrected chi connectivity index (χ4v) is 4.17. The number of rotatable bonds is 9. The summed E-state index contributed by atoms with van der Waals surface area (Å²) < 4.78 is 28.3. The zero-order chi connectivity index (χ0) is 19.9. The van der Waals surface area contributed by atoms with Crippen molar-refractivity contribution in [1.82, 2.24) is 0 Å². The topological polar surface area (TPSA) is 93.8 Å². The van der Waals surface area contributed by atoms with E-state index in [1.54, 1.807) is 0 Å². The number of ether oxygens (including phenoxy) is 1. The van der Waals surface area contributed by atoms with Crippen LogP contribution in [0.2, 0.25) is 0 Å². The van der Waals surface area contributed by atoms with Crippen molar-refractivity contribution in [2.45, 2.75) is 58.8 Å². The molecular weight excluding hydrogens is 362 g/mol. The van der Waals surface area contributed by atoms with Crippen molar-refractivity contribution < 1.29 is 13.2 Å². The number of nitrogens with zero attached hydrogens (tertiary/aromatic N) is 1. The highest BCUT2D eigenvalue weighted by molar-refractivity contribution is 7.90. The van der Waals surface area contributed by atoms with E-state index in [9.17, 15) is 8.42 Å². The van der Waals surface area contributed by atoms with Gasteiger partial charge in [-0.3, -0.25) is 5.43 Å². The number of nitrogens with one attached hydrogen (secondary N) is 1. The molecule has 0 bridgehead atoms. The van der Waals surface area contributed by atoms with E-state index in [-0.39, 0.29) is 5.75 Å². The van der Waals surface area contributed by atoms with Crippen LogP contribution in [0.5, 0.6) is 5.75 Å². The van der Waals surface area contributed by atoms with E-state index in [2.05, 4.69) is 10.5 Å². The van der Waals surface area contributed by atoms with E-state index >= 15 is 0 Å². The Balaban J connectivity index is 1.95. The molecule has 1 aliphatic rings. The summed E-state index contributed by atoms with van der Waals surface area (Å²) in [6.45, 7) is 4.31. The van der Waals surface area contributed by atoms with Gasteiger partial charge >= 0.3 is 0 Å². The minimum atomic E-state index is -2.96. The van der Waals surface area contributed by atoms with Gasteiger partial charge in [0.15, 0.2) is 0 Å². The minimum absolute atomic E-state index is 0.130. The third-order valence-electron chi connectivity index (χ3n) is 5.05. The lowest BCUT2D eigenvalue weighted by atomic mass is 9.87. The molecule has 1 saturated carbocycles. The van der Waals surface area contributed by atoms with Crippen LogP contribution in [0.15, 0.2) is 17.2 Å². The highest BCUT2D eigenvalue weighted by Gasteiger charge is 2.15. The fourth-order valence-electron chi connectivity index (χ4n) is 3.53. The maximum atomic E-state index is 11.2. The quantitative estimate of drug-likeness (QED) is 0.287. The first-order valence-electron chi connectivity index (χ1n) is 9.75. The summed E-state index contributed by atoms with van der Waals surface area (Å²) in [6.07, 6.45) is 8.96. The Morgan fingerprint density at radius 3 is 2.63 bits per heavy atom. The average molecular weight is 396 g/mol. The second kappa shape index (κ2) is 9.97. The second-order valence-corrected chi connectivity index (χ2v) is 9.90. The van der Waals surface area contributed by atoms with Gasteiger partial charge in [0.2, 0.25) is 0 Å². The summed E-state index contributed by atoms with van der Waals surface area (Å²) >= 11 is 0. The number of hydrogen-bond acceptors (Lipinski definition) is 5. The van der Waals surface area contributed by atoms with Gasteiger partial charge in [0.1, 0.15) is 21.4 Å². The van der Waals surface area contributed by atoms with Crippen molar-refractivity contribution in [3.8, 4) is 5.75 Å². The second-order valence-electron chi connectivity index (χ2n) is 7.64. The molecule has 0 saturated heterocycles. The van der Waals surface area contributed by atoms with Crippen molar-refractivity contribution >= 4 is 21.4 Å². The highest BCUT2D eigenvalue weighted by atomic mass is 32.2. The minimum Gasteiger partial charge on any atom is -0.493 e. The van der Waals surface area contributed by atoms with Gasteiger partial charge in [0.05, 0.1) is 18.0 Å². The van der Waals surface area contributed by atoms with Crippen LogP contribution >= 0.6 is 0 Å². The van der Waals surface area contributed by atoms with Crippen LogP contribution in [0.4, 0.5) is 5.69 Å². The standard InChI is InChI=1S/C20H33N3O3S/c1-15-10-11-18(16(2)20(15)26-12-7-13-27(3,24)25)22-23-19(21)14-17-8-5-4-6-9-17/h10-11,17,22H,4-9,12-14H2,1-3H3,(H2,21,23). The lowest BCUT2D eigenvalue weighted by Crippen LogP contribution is -2.20. The molecule has 7 heteroatoms. The van der Waals surface area contributed by atoms with Crippen molar-refractivity contribution in [3.05, 3.63) is 23.3 Å².